The molecule has 1 amide bonds. The van der Waals surface area contributed by atoms with E-state index >= 15 is 0 Å². The summed E-state index contributed by atoms with van der Waals surface area (Å²) in [6.07, 6.45) is 1.46. The zero-order chi connectivity index (χ0) is 22.2. The molecule has 0 aliphatic heterocycles. The number of carbonyl (C=O) groups is 1. The van der Waals surface area contributed by atoms with Crippen molar-refractivity contribution in [1.82, 2.24) is 0 Å². The van der Waals surface area contributed by atoms with Gasteiger partial charge in [0.1, 0.15) is 24.0 Å². The molecule has 0 spiro atoms. The van der Waals surface area contributed by atoms with Gasteiger partial charge in [-0.15, -0.1) is 0 Å². The van der Waals surface area contributed by atoms with Crippen LogP contribution in [0.15, 0.2) is 78.4 Å². The Balaban J connectivity index is 1.63. The van der Waals surface area contributed by atoms with E-state index in [0.29, 0.717) is 22.0 Å². The molecule has 8 heteroatoms. The molecular formula is C23H16ClN3O4. The largest absolute Gasteiger partial charge is 0.489 e. The van der Waals surface area contributed by atoms with Crippen LogP contribution in [0.3, 0.4) is 0 Å². The van der Waals surface area contributed by atoms with Gasteiger partial charge < -0.3 is 10.1 Å². The topological polar surface area (TPSA) is 105 Å². The molecule has 0 saturated heterocycles. The van der Waals surface area contributed by atoms with Crippen molar-refractivity contribution in [2.45, 2.75) is 6.61 Å². The van der Waals surface area contributed by atoms with E-state index in [4.69, 9.17) is 16.3 Å². The maximum atomic E-state index is 12.4. The monoisotopic (exact) mass is 433 g/mol. The normalized spacial score (nSPS) is 10.8. The molecule has 0 unspecified atom stereocenters. The van der Waals surface area contributed by atoms with Gasteiger partial charge in [0.25, 0.3) is 11.6 Å². The van der Waals surface area contributed by atoms with Crippen LogP contribution < -0.4 is 10.1 Å². The van der Waals surface area contributed by atoms with Crippen molar-refractivity contribution in [3.8, 4) is 11.8 Å². The number of nitro benzene ring substituents is 1. The number of nitro groups is 1. The summed E-state index contributed by atoms with van der Waals surface area (Å²) in [5.74, 6) is 0.0172. The van der Waals surface area contributed by atoms with Gasteiger partial charge in [-0.25, -0.2) is 0 Å². The first-order chi connectivity index (χ1) is 15.0. The fraction of sp³-hybridized carbons (Fsp3) is 0.0435. The third-order valence-corrected chi connectivity index (χ3v) is 4.56. The standard InChI is InChI=1S/C23H16ClN3O4/c24-21-3-1-2-4-22(21)26-23(28)18(14-25)13-16-7-11-20(12-8-16)31-15-17-5-9-19(10-6-17)27(29)30/h1-13H,15H2,(H,26,28)/b18-13+. The van der Waals surface area contributed by atoms with Gasteiger partial charge in [-0.1, -0.05) is 35.9 Å². The molecule has 0 atom stereocenters. The highest BCUT2D eigenvalue weighted by Gasteiger charge is 2.11. The minimum Gasteiger partial charge on any atom is -0.489 e. The molecule has 7 nitrogen and oxygen atoms in total. The number of ether oxygens (including phenoxy) is 1. The van der Waals surface area contributed by atoms with E-state index in [1.807, 2.05) is 6.07 Å². The first kappa shape index (κ1) is 21.6. The number of carbonyl (C=O) groups excluding carboxylic acids is 1. The number of nitrogens with zero attached hydrogens (tertiary/aromatic N) is 2. The maximum Gasteiger partial charge on any atom is 0.269 e. The molecule has 0 radical (unpaired) electrons. The number of nitriles is 1. The quantitative estimate of drug-likeness (QED) is 0.233. The second kappa shape index (κ2) is 10.1. The molecule has 1 N–H and O–H groups in total. The van der Waals surface area contributed by atoms with Crippen LogP contribution in [0.1, 0.15) is 11.1 Å². The molecule has 0 fully saturated rings. The molecule has 3 aromatic rings. The van der Waals surface area contributed by atoms with Crippen molar-refractivity contribution in [3.63, 3.8) is 0 Å². The highest BCUT2D eigenvalue weighted by atomic mass is 35.5. The Morgan fingerprint density at radius 3 is 2.39 bits per heavy atom. The molecule has 0 aliphatic rings. The second-order valence-electron chi connectivity index (χ2n) is 6.39. The molecule has 0 aliphatic carbocycles. The summed E-state index contributed by atoms with van der Waals surface area (Å²) in [5.41, 5.74) is 1.81. The third-order valence-electron chi connectivity index (χ3n) is 4.23. The summed E-state index contributed by atoms with van der Waals surface area (Å²) in [4.78, 5) is 22.6. The Morgan fingerprint density at radius 2 is 1.77 bits per heavy atom. The van der Waals surface area contributed by atoms with Crippen molar-refractivity contribution >= 4 is 35.0 Å². The van der Waals surface area contributed by atoms with Crippen LogP contribution in [0, 0.1) is 21.4 Å². The van der Waals surface area contributed by atoms with Gasteiger partial charge in [-0.2, -0.15) is 5.26 Å². The van der Waals surface area contributed by atoms with Crippen molar-refractivity contribution in [2.75, 3.05) is 5.32 Å². The SMILES string of the molecule is N#C/C(=C\c1ccc(OCc2ccc([N+](=O)[O-])cc2)cc1)C(=O)Nc1ccccc1Cl. The van der Waals surface area contributed by atoms with Gasteiger partial charge in [-0.3, -0.25) is 14.9 Å². The van der Waals surface area contributed by atoms with E-state index in [1.165, 1.54) is 18.2 Å². The summed E-state index contributed by atoms with van der Waals surface area (Å²) in [7, 11) is 0. The number of para-hydroxylation sites is 1. The zero-order valence-corrected chi connectivity index (χ0v) is 16.9. The average molecular weight is 434 g/mol. The molecule has 0 saturated carbocycles. The number of benzene rings is 3. The Kier molecular flexibility index (Phi) is 6.99. The predicted octanol–water partition coefficient (Wildman–Crippen LogP) is 5.37. The number of non-ortho nitro benzene ring substituents is 1. The first-order valence-electron chi connectivity index (χ1n) is 9.10. The van der Waals surface area contributed by atoms with Crippen molar-refractivity contribution < 1.29 is 14.5 Å². The molecule has 3 rings (SSSR count). The van der Waals surface area contributed by atoms with Gasteiger partial charge in [0.05, 0.1) is 15.6 Å². The Hall–Kier alpha value is -4.15. The lowest BCUT2D eigenvalue weighted by atomic mass is 10.1. The highest BCUT2D eigenvalue weighted by molar-refractivity contribution is 6.34. The van der Waals surface area contributed by atoms with Crippen molar-refractivity contribution in [3.05, 3.63) is 105 Å². The van der Waals surface area contributed by atoms with Gasteiger partial charge in [-0.05, 0) is 53.6 Å². The minimum atomic E-state index is -0.561. The van der Waals surface area contributed by atoms with E-state index < -0.39 is 10.8 Å². The van der Waals surface area contributed by atoms with E-state index in [-0.39, 0.29) is 17.9 Å². The summed E-state index contributed by atoms with van der Waals surface area (Å²) < 4.78 is 5.67. The average Bonchev–Trinajstić information content (AvgIpc) is 2.78. The molecule has 154 valence electrons. The summed E-state index contributed by atoms with van der Waals surface area (Å²) in [6.45, 7) is 0.247. The smallest absolute Gasteiger partial charge is 0.269 e. The molecule has 3 aromatic carbocycles. The number of anilines is 1. The van der Waals surface area contributed by atoms with Crippen LogP contribution in [0.2, 0.25) is 5.02 Å². The molecule has 0 bridgehead atoms. The van der Waals surface area contributed by atoms with Crippen LogP contribution in [0.5, 0.6) is 5.75 Å². The number of halogens is 1. The maximum absolute atomic E-state index is 12.4. The Bertz CT molecular complexity index is 1170. The van der Waals surface area contributed by atoms with E-state index in [1.54, 1.807) is 60.7 Å². The number of hydrogen-bond acceptors (Lipinski definition) is 5. The van der Waals surface area contributed by atoms with Gasteiger partial charge in [0.15, 0.2) is 0 Å². The summed E-state index contributed by atoms with van der Waals surface area (Å²) in [5, 5.41) is 23.0. The molecule has 0 heterocycles. The third kappa shape index (κ3) is 5.92. The number of hydrogen-bond donors (Lipinski definition) is 1. The lowest BCUT2D eigenvalue weighted by Gasteiger charge is -2.07. The van der Waals surface area contributed by atoms with Gasteiger partial charge in [0, 0.05) is 12.1 Å². The van der Waals surface area contributed by atoms with Crippen LogP contribution in [0.25, 0.3) is 6.08 Å². The van der Waals surface area contributed by atoms with Crippen LogP contribution in [0.4, 0.5) is 11.4 Å². The first-order valence-corrected chi connectivity index (χ1v) is 9.48. The number of nitrogens with one attached hydrogen (secondary N) is 1. The summed E-state index contributed by atoms with van der Waals surface area (Å²) >= 11 is 6.03. The zero-order valence-electron chi connectivity index (χ0n) is 16.1. The van der Waals surface area contributed by atoms with Crippen molar-refractivity contribution in [2.24, 2.45) is 0 Å². The lowest BCUT2D eigenvalue weighted by Crippen LogP contribution is -2.13. The second-order valence-corrected chi connectivity index (χ2v) is 6.79. The fourth-order valence-electron chi connectivity index (χ4n) is 2.61. The van der Waals surface area contributed by atoms with E-state index in [9.17, 15) is 20.2 Å². The van der Waals surface area contributed by atoms with Gasteiger partial charge in [0.2, 0.25) is 0 Å². The predicted molar refractivity (Wildman–Crippen MR) is 118 cm³/mol. The molecule has 0 aromatic heterocycles. The van der Waals surface area contributed by atoms with E-state index in [0.717, 1.165) is 5.56 Å². The molecular weight excluding hydrogens is 418 g/mol. The molecule has 31 heavy (non-hydrogen) atoms. The van der Waals surface area contributed by atoms with Crippen LogP contribution >= 0.6 is 11.6 Å². The lowest BCUT2D eigenvalue weighted by molar-refractivity contribution is -0.384. The van der Waals surface area contributed by atoms with Crippen molar-refractivity contribution in [1.29, 1.82) is 5.26 Å². The Labute approximate surface area is 183 Å². The summed E-state index contributed by atoms with van der Waals surface area (Å²) in [6, 6.07) is 21.6. The fourth-order valence-corrected chi connectivity index (χ4v) is 2.79. The number of rotatable bonds is 7. The van der Waals surface area contributed by atoms with Gasteiger partial charge >= 0.3 is 0 Å². The number of amides is 1. The van der Waals surface area contributed by atoms with E-state index in [2.05, 4.69) is 5.32 Å². The van der Waals surface area contributed by atoms with Crippen LogP contribution in [-0.4, -0.2) is 10.8 Å². The minimum absolute atomic E-state index is 0.0201. The van der Waals surface area contributed by atoms with Crippen LogP contribution in [-0.2, 0) is 11.4 Å². The Morgan fingerprint density at radius 1 is 1.10 bits per heavy atom. The highest BCUT2D eigenvalue weighted by Crippen LogP contribution is 2.22.